The molecule has 4 rings (SSSR count). The molecule has 0 spiro atoms. The molecule has 2 fully saturated rings. The SMILES string of the molecule is Cc1ccc(C)c(NC(=O)C2CC(=O)NC3NC(Nc4ccc(F)cc4)NC(=O)C32)c1. The normalized spacial score (nSPS) is 25.1. The van der Waals surface area contributed by atoms with Gasteiger partial charge in [0.05, 0.1) is 18.0 Å². The summed E-state index contributed by atoms with van der Waals surface area (Å²) in [6, 6.07) is 11.4. The molecule has 0 saturated carbocycles. The summed E-state index contributed by atoms with van der Waals surface area (Å²) in [6.45, 7) is 3.80. The molecule has 0 bridgehead atoms. The Hall–Kier alpha value is -3.46. The van der Waals surface area contributed by atoms with Gasteiger partial charge < -0.3 is 21.3 Å². The quantitative estimate of drug-likeness (QED) is 0.511. The van der Waals surface area contributed by atoms with Gasteiger partial charge in [-0.2, -0.15) is 0 Å². The zero-order valence-electron chi connectivity index (χ0n) is 17.2. The van der Waals surface area contributed by atoms with Crippen LogP contribution < -0.4 is 26.6 Å². The second-order valence-electron chi connectivity index (χ2n) is 7.95. The predicted octanol–water partition coefficient (Wildman–Crippen LogP) is 1.57. The van der Waals surface area contributed by atoms with Crippen molar-refractivity contribution in [1.29, 1.82) is 0 Å². The standard InChI is InChI=1S/C22H24FN5O3/c1-11-3-4-12(2)16(9-11)25-20(30)15-10-17(29)26-19-18(15)21(31)28-22(27-19)24-14-7-5-13(23)6-8-14/h3-9,15,18-19,22,24,27H,10H2,1-2H3,(H,25,30)(H,26,29)(H,28,31). The maximum Gasteiger partial charge on any atom is 0.229 e. The molecule has 2 saturated heterocycles. The van der Waals surface area contributed by atoms with Crippen LogP contribution in [0.4, 0.5) is 15.8 Å². The van der Waals surface area contributed by atoms with Gasteiger partial charge in [0, 0.05) is 17.8 Å². The van der Waals surface area contributed by atoms with E-state index >= 15 is 0 Å². The molecular formula is C22H24FN5O3. The van der Waals surface area contributed by atoms with Gasteiger partial charge in [0.1, 0.15) is 5.82 Å². The van der Waals surface area contributed by atoms with Gasteiger partial charge in [0.25, 0.3) is 0 Å². The van der Waals surface area contributed by atoms with Crippen LogP contribution in [-0.4, -0.2) is 30.2 Å². The van der Waals surface area contributed by atoms with Gasteiger partial charge in [0.2, 0.25) is 17.7 Å². The maximum atomic E-state index is 13.1. The van der Waals surface area contributed by atoms with E-state index < -0.39 is 24.3 Å². The number of benzene rings is 2. The fraction of sp³-hybridized carbons (Fsp3) is 0.318. The van der Waals surface area contributed by atoms with Crippen LogP contribution >= 0.6 is 0 Å². The fourth-order valence-corrected chi connectivity index (χ4v) is 3.96. The van der Waals surface area contributed by atoms with Crippen LogP contribution in [0.25, 0.3) is 0 Å². The number of anilines is 2. The Morgan fingerprint density at radius 1 is 1.06 bits per heavy atom. The predicted molar refractivity (Wildman–Crippen MR) is 113 cm³/mol. The molecule has 31 heavy (non-hydrogen) atoms. The Morgan fingerprint density at radius 3 is 2.55 bits per heavy atom. The zero-order valence-corrected chi connectivity index (χ0v) is 17.2. The number of piperidine rings is 1. The van der Waals surface area contributed by atoms with E-state index in [0.717, 1.165) is 11.1 Å². The van der Waals surface area contributed by atoms with Crippen molar-refractivity contribution < 1.29 is 18.8 Å². The maximum absolute atomic E-state index is 13.1. The van der Waals surface area contributed by atoms with Crippen molar-refractivity contribution in [3.63, 3.8) is 0 Å². The number of fused-ring (bicyclic) bond motifs is 1. The number of carbonyl (C=O) groups is 3. The first-order valence-electron chi connectivity index (χ1n) is 10.1. The van der Waals surface area contributed by atoms with Gasteiger partial charge in [-0.25, -0.2) is 4.39 Å². The fourth-order valence-electron chi connectivity index (χ4n) is 3.96. The number of amides is 3. The van der Waals surface area contributed by atoms with Crippen molar-refractivity contribution in [2.24, 2.45) is 11.8 Å². The third kappa shape index (κ3) is 4.51. The van der Waals surface area contributed by atoms with E-state index in [1.165, 1.54) is 24.3 Å². The lowest BCUT2D eigenvalue weighted by molar-refractivity contribution is -0.144. The van der Waals surface area contributed by atoms with Crippen LogP contribution in [0.3, 0.4) is 0 Å². The van der Waals surface area contributed by atoms with Gasteiger partial charge in [-0.3, -0.25) is 19.7 Å². The van der Waals surface area contributed by atoms with E-state index in [9.17, 15) is 18.8 Å². The highest BCUT2D eigenvalue weighted by atomic mass is 19.1. The second kappa shape index (κ2) is 8.35. The first-order valence-corrected chi connectivity index (χ1v) is 10.1. The molecule has 2 heterocycles. The number of hydrogen-bond donors (Lipinski definition) is 5. The molecule has 0 aromatic heterocycles. The Kier molecular flexibility index (Phi) is 5.60. The first-order chi connectivity index (χ1) is 14.8. The number of halogens is 1. The van der Waals surface area contributed by atoms with Crippen LogP contribution in [0.5, 0.6) is 0 Å². The van der Waals surface area contributed by atoms with E-state index in [0.29, 0.717) is 11.4 Å². The van der Waals surface area contributed by atoms with Gasteiger partial charge in [0.15, 0.2) is 6.29 Å². The summed E-state index contributed by atoms with van der Waals surface area (Å²) in [5.41, 5.74) is 3.13. The minimum absolute atomic E-state index is 0.0803. The molecule has 0 aliphatic carbocycles. The van der Waals surface area contributed by atoms with Crippen molar-refractivity contribution in [2.45, 2.75) is 32.7 Å². The highest BCUT2D eigenvalue weighted by Crippen LogP contribution is 2.28. The lowest BCUT2D eigenvalue weighted by atomic mass is 9.81. The molecule has 162 valence electrons. The van der Waals surface area contributed by atoms with E-state index in [1.54, 1.807) is 0 Å². The van der Waals surface area contributed by atoms with Crippen LogP contribution in [0, 0.1) is 31.5 Å². The molecule has 0 radical (unpaired) electrons. The third-order valence-electron chi connectivity index (χ3n) is 5.59. The number of rotatable bonds is 4. The summed E-state index contributed by atoms with van der Waals surface area (Å²) in [6.07, 6.45) is -1.49. The number of aryl methyl sites for hydroxylation is 2. The Morgan fingerprint density at radius 2 is 1.81 bits per heavy atom. The largest absolute Gasteiger partial charge is 0.353 e. The minimum Gasteiger partial charge on any atom is -0.353 e. The van der Waals surface area contributed by atoms with Gasteiger partial charge in [-0.05, 0) is 55.3 Å². The highest BCUT2D eigenvalue weighted by Gasteiger charge is 2.48. The van der Waals surface area contributed by atoms with Crippen LogP contribution in [0.2, 0.25) is 0 Å². The molecule has 4 unspecified atom stereocenters. The minimum atomic E-state index is -0.821. The molecule has 4 atom stereocenters. The number of carbonyl (C=O) groups excluding carboxylic acids is 3. The van der Waals surface area contributed by atoms with Crippen molar-refractivity contribution in [2.75, 3.05) is 10.6 Å². The molecule has 9 heteroatoms. The summed E-state index contributed by atoms with van der Waals surface area (Å²) in [5.74, 6) is -3.01. The Balaban J connectivity index is 1.49. The summed E-state index contributed by atoms with van der Waals surface area (Å²) in [4.78, 5) is 38.2. The van der Waals surface area contributed by atoms with E-state index in [1.807, 2.05) is 32.0 Å². The molecule has 3 amide bonds. The van der Waals surface area contributed by atoms with E-state index in [2.05, 4.69) is 26.6 Å². The van der Waals surface area contributed by atoms with Gasteiger partial charge in [-0.1, -0.05) is 12.1 Å². The Labute approximate surface area is 179 Å². The Bertz CT molecular complexity index is 1030. The summed E-state index contributed by atoms with van der Waals surface area (Å²) >= 11 is 0. The van der Waals surface area contributed by atoms with E-state index in [-0.39, 0.29) is 30.0 Å². The first kappa shape index (κ1) is 20.8. The average Bonchev–Trinajstić information content (AvgIpc) is 2.71. The van der Waals surface area contributed by atoms with Crippen molar-refractivity contribution in [3.8, 4) is 0 Å². The van der Waals surface area contributed by atoms with E-state index in [4.69, 9.17) is 0 Å². The number of nitrogens with one attached hydrogen (secondary N) is 5. The zero-order chi connectivity index (χ0) is 22.1. The summed E-state index contributed by atoms with van der Waals surface area (Å²) in [7, 11) is 0. The molecule has 2 aromatic carbocycles. The monoisotopic (exact) mass is 425 g/mol. The van der Waals surface area contributed by atoms with Crippen molar-refractivity contribution in [1.82, 2.24) is 16.0 Å². The molecular weight excluding hydrogens is 401 g/mol. The van der Waals surface area contributed by atoms with Gasteiger partial charge in [-0.15, -0.1) is 0 Å². The topological polar surface area (TPSA) is 111 Å². The summed E-state index contributed by atoms with van der Waals surface area (Å²) < 4.78 is 13.1. The molecule has 2 aliphatic rings. The van der Waals surface area contributed by atoms with Crippen molar-refractivity contribution >= 4 is 29.1 Å². The number of hydrogen-bond acceptors (Lipinski definition) is 5. The molecule has 2 aromatic rings. The third-order valence-corrected chi connectivity index (χ3v) is 5.59. The second-order valence-corrected chi connectivity index (χ2v) is 7.95. The highest BCUT2D eigenvalue weighted by molar-refractivity contribution is 6.00. The summed E-state index contributed by atoms with van der Waals surface area (Å²) in [5, 5.41) is 14.5. The molecule has 2 aliphatic heterocycles. The lowest BCUT2D eigenvalue weighted by Crippen LogP contribution is -2.72. The smallest absolute Gasteiger partial charge is 0.229 e. The van der Waals surface area contributed by atoms with Gasteiger partial charge >= 0.3 is 0 Å². The van der Waals surface area contributed by atoms with Crippen molar-refractivity contribution in [3.05, 3.63) is 59.4 Å². The lowest BCUT2D eigenvalue weighted by Gasteiger charge is -2.43. The molecule has 8 nitrogen and oxygen atoms in total. The molecule has 5 N–H and O–H groups in total. The average molecular weight is 425 g/mol. The van der Waals surface area contributed by atoms with Crippen LogP contribution in [0.1, 0.15) is 17.5 Å². The van der Waals surface area contributed by atoms with Crippen LogP contribution in [-0.2, 0) is 14.4 Å². The van der Waals surface area contributed by atoms with Crippen LogP contribution in [0.15, 0.2) is 42.5 Å².